The van der Waals surface area contributed by atoms with Gasteiger partial charge in [-0.3, -0.25) is 14.1 Å². The SMILES string of the molecule is CC1CN(S(=O)(=O)c2ccc(F)cc2)c2cc(NC(=O)Cc3ccncc3)ccc2O1. The Kier molecular flexibility index (Phi) is 5.60. The van der Waals surface area contributed by atoms with Crippen molar-refractivity contribution in [2.75, 3.05) is 16.2 Å². The first-order valence-electron chi connectivity index (χ1n) is 9.61. The molecule has 3 aromatic rings. The summed E-state index contributed by atoms with van der Waals surface area (Å²) in [4.78, 5) is 16.3. The largest absolute Gasteiger partial charge is 0.487 e. The van der Waals surface area contributed by atoms with Crippen LogP contribution in [0.4, 0.5) is 15.8 Å². The highest BCUT2D eigenvalue weighted by Gasteiger charge is 2.33. The quantitative estimate of drug-likeness (QED) is 0.656. The van der Waals surface area contributed by atoms with Crippen molar-refractivity contribution >= 4 is 27.3 Å². The molecule has 1 amide bonds. The van der Waals surface area contributed by atoms with Crippen LogP contribution in [0, 0.1) is 5.82 Å². The lowest BCUT2D eigenvalue weighted by Crippen LogP contribution is -2.42. The number of carbonyl (C=O) groups is 1. The van der Waals surface area contributed by atoms with Crippen LogP contribution < -0.4 is 14.4 Å². The van der Waals surface area contributed by atoms with E-state index in [4.69, 9.17) is 4.74 Å². The van der Waals surface area contributed by atoms with Crippen molar-refractivity contribution in [2.24, 2.45) is 0 Å². The molecule has 2 heterocycles. The maximum atomic E-state index is 13.3. The van der Waals surface area contributed by atoms with Crippen molar-refractivity contribution in [3.8, 4) is 5.75 Å². The Hall–Kier alpha value is -3.46. The van der Waals surface area contributed by atoms with Gasteiger partial charge in [0.25, 0.3) is 10.0 Å². The van der Waals surface area contributed by atoms with Crippen LogP contribution in [0.5, 0.6) is 5.75 Å². The van der Waals surface area contributed by atoms with E-state index < -0.39 is 15.8 Å². The van der Waals surface area contributed by atoms with Crippen molar-refractivity contribution in [2.45, 2.75) is 24.3 Å². The molecule has 7 nitrogen and oxygen atoms in total. The van der Waals surface area contributed by atoms with Crippen molar-refractivity contribution in [1.82, 2.24) is 4.98 Å². The fourth-order valence-electron chi connectivity index (χ4n) is 3.33. The Bertz CT molecular complexity index is 1200. The third-order valence-electron chi connectivity index (χ3n) is 4.78. The molecule has 1 atom stereocenters. The topological polar surface area (TPSA) is 88.6 Å². The van der Waals surface area contributed by atoms with Gasteiger partial charge in [0.1, 0.15) is 17.7 Å². The molecular weight excluding hydrogens is 421 g/mol. The van der Waals surface area contributed by atoms with Crippen molar-refractivity contribution in [3.63, 3.8) is 0 Å². The van der Waals surface area contributed by atoms with Gasteiger partial charge in [-0.15, -0.1) is 0 Å². The average Bonchev–Trinajstić information content (AvgIpc) is 2.74. The van der Waals surface area contributed by atoms with E-state index >= 15 is 0 Å². The van der Waals surface area contributed by atoms with Crippen molar-refractivity contribution in [1.29, 1.82) is 0 Å². The van der Waals surface area contributed by atoms with Gasteiger partial charge in [0.2, 0.25) is 5.91 Å². The zero-order valence-electron chi connectivity index (χ0n) is 16.7. The van der Waals surface area contributed by atoms with Crippen LogP contribution in [-0.4, -0.2) is 32.0 Å². The molecule has 1 aromatic heterocycles. The number of carbonyl (C=O) groups excluding carboxylic acids is 1. The van der Waals surface area contributed by atoms with E-state index in [1.54, 1.807) is 49.6 Å². The number of ether oxygens (including phenoxy) is 1. The molecule has 1 unspecified atom stereocenters. The van der Waals surface area contributed by atoms with Gasteiger partial charge in [-0.1, -0.05) is 0 Å². The Balaban J connectivity index is 1.63. The minimum absolute atomic E-state index is 0.0268. The molecule has 0 fully saturated rings. The maximum absolute atomic E-state index is 13.3. The van der Waals surface area contributed by atoms with Gasteiger partial charge < -0.3 is 10.1 Å². The Labute approximate surface area is 179 Å². The van der Waals surface area contributed by atoms with Crippen molar-refractivity contribution < 1.29 is 22.3 Å². The second-order valence-corrected chi connectivity index (χ2v) is 9.04. The van der Waals surface area contributed by atoms with E-state index in [1.165, 1.54) is 16.4 Å². The average molecular weight is 441 g/mol. The highest BCUT2D eigenvalue weighted by Crippen LogP contribution is 2.39. The van der Waals surface area contributed by atoms with Crippen LogP contribution in [0.2, 0.25) is 0 Å². The summed E-state index contributed by atoms with van der Waals surface area (Å²) in [6, 6.07) is 13.0. The molecule has 160 valence electrons. The number of aromatic nitrogens is 1. The number of hydrogen-bond acceptors (Lipinski definition) is 5. The van der Waals surface area contributed by atoms with Crippen LogP contribution in [0.15, 0.2) is 71.9 Å². The van der Waals surface area contributed by atoms with E-state index in [-0.39, 0.29) is 29.9 Å². The fourth-order valence-corrected chi connectivity index (χ4v) is 4.87. The van der Waals surface area contributed by atoms with Gasteiger partial charge in [0.15, 0.2) is 0 Å². The summed E-state index contributed by atoms with van der Waals surface area (Å²) in [5.41, 5.74) is 1.56. The molecule has 9 heteroatoms. The number of anilines is 2. The van der Waals surface area contributed by atoms with E-state index in [0.717, 1.165) is 17.7 Å². The number of hydrogen-bond donors (Lipinski definition) is 1. The van der Waals surface area contributed by atoms with Gasteiger partial charge in [-0.05, 0) is 67.1 Å². The number of fused-ring (bicyclic) bond motifs is 1. The number of pyridine rings is 1. The fraction of sp³-hybridized carbons (Fsp3) is 0.182. The minimum Gasteiger partial charge on any atom is -0.487 e. The number of benzene rings is 2. The number of nitrogens with zero attached hydrogens (tertiary/aromatic N) is 2. The van der Waals surface area contributed by atoms with Gasteiger partial charge in [-0.2, -0.15) is 0 Å². The molecule has 1 N–H and O–H groups in total. The predicted octanol–water partition coefficient (Wildman–Crippen LogP) is 3.38. The molecule has 0 saturated carbocycles. The number of halogens is 1. The third-order valence-corrected chi connectivity index (χ3v) is 6.57. The van der Waals surface area contributed by atoms with Gasteiger partial charge in [-0.25, -0.2) is 12.8 Å². The van der Waals surface area contributed by atoms with Crippen LogP contribution in [-0.2, 0) is 21.2 Å². The van der Waals surface area contributed by atoms with E-state index in [2.05, 4.69) is 10.3 Å². The summed E-state index contributed by atoms with van der Waals surface area (Å²) < 4.78 is 46.8. The van der Waals surface area contributed by atoms with Crippen LogP contribution in [0.25, 0.3) is 0 Å². The summed E-state index contributed by atoms with van der Waals surface area (Å²) in [5, 5.41) is 2.78. The lowest BCUT2D eigenvalue weighted by molar-refractivity contribution is -0.115. The molecule has 0 bridgehead atoms. The first-order valence-corrected chi connectivity index (χ1v) is 11.0. The Morgan fingerprint density at radius 2 is 1.87 bits per heavy atom. The Morgan fingerprint density at radius 1 is 1.16 bits per heavy atom. The molecule has 2 aromatic carbocycles. The van der Waals surface area contributed by atoms with E-state index in [0.29, 0.717) is 17.1 Å². The molecule has 1 aliphatic heterocycles. The highest BCUT2D eigenvalue weighted by atomic mass is 32.2. The molecule has 0 saturated heterocycles. The smallest absolute Gasteiger partial charge is 0.264 e. The standard InChI is InChI=1S/C22H20FN3O4S/c1-15-14-26(31(28,29)19-5-2-17(23)3-6-19)20-13-18(4-7-21(20)30-15)25-22(27)12-16-8-10-24-11-9-16/h2-11,13,15H,12,14H2,1H3,(H,25,27). The summed E-state index contributed by atoms with van der Waals surface area (Å²) >= 11 is 0. The van der Waals surface area contributed by atoms with Crippen LogP contribution >= 0.6 is 0 Å². The first kappa shape index (κ1) is 20.8. The summed E-state index contributed by atoms with van der Waals surface area (Å²) in [5.74, 6) is -0.380. The van der Waals surface area contributed by atoms with E-state index in [9.17, 15) is 17.6 Å². The molecule has 4 rings (SSSR count). The van der Waals surface area contributed by atoms with Crippen LogP contribution in [0.3, 0.4) is 0 Å². The highest BCUT2D eigenvalue weighted by molar-refractivity contribution is 7.92. The lowest BCUT2D eigenvalue weighted by atomic mass is 10.2. The number of amides is 1. The Morgan fingerprint density at radius 3 is 2.58 bits per heavy atom. The number of rotatable bonds is 5. The second-order valence-electron chi connectivity index (χ2n) is 7.18. The molecule has 31 heavy (non-hydrogen) atoms. The number of nitrogens with one attached hydrogen (secondary N) is 1. The molecule has 0 spiro atoms. The normalized spacial score (nSPS) is 15.7. The molecule has 1 aliphatic rings. The third kappa shape index (κ3) is 4.51. The lowest BCUT2D eigenvalue weighted by Gasteiger charge is -2.34. The van der Waals surface area contributed by atoms with Gasteiger partial charge >= 0.3 is 0 Å². The summed E-state index contributed by atoms with van der Waals surface area (Å²) in [7, 11) is -3.95. The summed E-state index contributed by atoms with van der Waals surface area (Å²) in [6.07, 6.45) is 3.00. The number of sulfonamides is 1. The zero-order chi connectivity index (χ0) is 22.0. The second kappa shape index (κ2) is 8.35. The van der Waals surface area contributed by atoms with Gasteiger partial charge in [0, 0.05) is 18.1 Å². The van der Waals surface area contributed by atoms with Crippen LogP contribution in [0.1, 0.15) is 12.5 Å². The molecule has 0 radical (unpaired) electrons. The predicted molar refractivity (Wildman–Crippen MR) is 114 cm³/mol. The molecular formula is C22H20FN3O4S. The zero-order valence-corrected chi connectivity index (χ0v) is 17.5. The minimum atomic E-state index is -3.95. The summed E-state index contributed by atoms with van der Waals surface area (Å²) in [6.45, 7) is 1.85. The first-order chi connectivity index (χ1) is 14.8. The monoisotopic (exact) mass is 441 g/mol. The molecule has 0 aliphatic carbocycles. The maximum Gasteiger partial charge on any atom is 0.264 e. The van der Waals surface area contributed by atoms with Crippen molar-refractivity contribution in [3.05, 3.63) is 78.4 Å². The van der Waals surface area contributed by atoms with E-state index in [1.807, 2.05) is 0 Å². The van der Waals surface area contributed by atoms with Gasteiger partial charge in [0.05, 0.1) is 23.5 Å².